The highest BCUT2D eigenvalue weighted by Gasteiger charge is 2.28. The second kappa shape index (κ2) is 4.57. The molecule has 2 heterocycles. The summed E-state index contributed by atoms with van der Waals surface area (Å²) in [5.41, 5.74) is 3.02. The van der Waals surface area contributed by atoms with Gasteiger partial charge in [0, 0.05) is 11.9 Å². The van der Waals surface area contributed by atoms with E-state index in [0.29, 0.717) is 5.57 Å². The summed E-state index contributed by atoms with van der Waals surface area (Å²) >= 11 is 0. The Morgan fingerprint density at radius 1 is 1.16 bits per heavy atom. The van der Waals surface area contributed by atoms with E-state index in [1.54, 1.807) is 0 Å². The first kappa shape index (κ1) is 11.5. The molecule has 94 valence electrons. The lowest BCUT2D eigenvalue weighted by Crippen LogP contribution is -2.21. The number of benzene rings is 1. The molecule has 1 aliphatic heterocycles. The number of anilines is 1. The number of aromatic amines is 1. The number of H-pyrrole nitrogens is 1. The van der Waals surface area contributed by atoms with Gasteiger partial charge in [-0.25, -0.2) is 0 Å². The molecule has 4 nitrogen and oxygen atoms in total. The van der Waals surface area contributed by atoms with Crippen LogP contribution in [0.5, 0.6) is 0 Å². The molecule has 1 aromatic heterocycles. The Kier molecular flexibility index (Phi) is 2.76. The zero-order valence-corrected chi connectivity index (χ0v) is 10.5. The molecule has 19 heavy (non-hydrogen) atoms. The highest BCUT2D eigenvalue weighted by Crippen LogP contribution is 2.24. The van der Waals surface area contributed by atoms with Gasteiger partial charge < -0.3 is 4.98 Å². The van der Waals surface area contributed by atoms with Crippen LogP contribution in [0.3, 0.4) is 0 Å². The van der Waals surface area contributed by atoms with E-state index in [2.05, 4.69) is 10.1 Å². The van der Waals surface area contributed by atoms with Crippen molar-refractivity contribution >= 4 is 23.4 Å². The predicted octanol–water partition coefficient (Wildman–Crippen LogP) is 2.82. The molecule has 0 fully saturated rings. The number of aromatic nitrogens is 1. The third-order valence-corrected chi connectivity index (χ3v) is 2.99. The third kappa shape index (κ3) is 2.08. The molecular weight excluding hydrogens is 238 g/mol. The van der Waals surface area contributed by atoms with Crippen LogP contribution in [0.1, 0.15) is 12.6 Å². The lowest BCUT2D eigenvalue weighted by atomic mass is 10.1. The van der Waals surface area contributed by atoms with Gasteiger partial charge >= 0.3 is 0 Å². The number of hydrogen-bond donors (Lipinski definition) is 1. The minimum absolute atomic E-state index is 0.0988. The maximum atomic E-state index is 12.4. The highest BCUT2D eigenvalue weighted by molar-refractivity contribution is 6.32. The number of carbonyl (C=O) groups is 1. The molecular formula is C15H13N3O. The lowest BCUT2D eigenvalue weighted by molar-refractivity contribution is -0.114. The second-order valence-corrected chi connectivity index (χ2v) is 4.32. The van der Waals surface area contributed by atoms with Crippen molar-refractivity contribution < 1.29 is 4.79 Å². The quantitative estimate of drug-likeness (QED) is 0.820. The second-order valence-electron chi connectivity index (χ2n) is 4.32. The van der Waals surface area contributed by atoms with Gasteiger partial charge in [-0.3, -0.25) is 4.79 Å². The largest absolute Gasteiger partial charge is 0.362 e. The fourth-order valence-electron chi connectivity index (χ4n) is 2.02. The van der Waals surface area contributed by atoms with Crippen LogP contribution in [0, 0.1) is 0 Å². The monoisotopic (exact) mass is 251 g/mol. The van der Waals surface area contributed by atoms with Crippen LogP contribution in [-0.4, -0.2) is 16.6 Å². The molecule has 3 rings (SSSR count). The van der Waals surface area contributed by atoms with Crippen molar-refractivity contribution in [2.75, 3.05) is 5.01 Å². The van der Waals surface area contributed by atoms with Crippen LogP contribution >= 0.6 is 0 Å². The van der Waals surface area contributed by atoms with Crippen LogP contribution in [0.25, 0.3) is 6.08 Å². The fourth-order valence-corrected chi connectivity index (χ4v) is 2.02. The van der Waals surface area contributed by atoms with E-state index in [1.807, 2.05) is 61.7 Å². The Morgan fingerprint density at radius 3 is 2.63 bits per heavy atom. The Balaban J connectivity index is 1.96. The predicted molar refractivity (Wildman–Crippen MR) is 75.8 cm³/mol. The normalized spacial score (nSPS) is 17.1. The van der Waals surface area contributed by atoms with Crippen LogP contribution in [0.4, 0.5) is 5.69 Å². The van der Waals surface area contributed by atoms with E-state index in [1.165, 1.54) is 5.01 Å². The summed E-state index contributed by atoms with van der Waals surface area (Å²) in [5.74, 6) is -0.0988. The third-order valence-electron chi connectivity index (χ3n) is 2.99. The standard InChI is InChI=1S/C15H13N3O/c1-11-14(10-12-6-5-9-16-12)15(19)18(17-11)13-7-3-2-4-8-13/h2-10,16H,1H3/b14-10-. The lowest BCUT2D eigenvalue weighted by Gasteiger charge is -2.10. The van der Waals surface area contributed by atoms with Crippen LogP contribution in [0.15, 0.2) is 59.3 Å². The first-order valence-corrected chi connectivity index (χ1v) is 6.06. The summed E-state index contributed by atoms with van der Waals surface area (Å²) in [6, 6.07) is 13.2. The highest BCUT2D eigenvalue weighted by atomic mass is 16.2. The molecule has 0 bridgehead atoms. The minimum atomic E-state index is -0.0988. The van der Waals surface area contributed by atoms with E-state index >= 15 is 0 Å². The van der Waals surface area contributed by atoms with Crippen molar-refractivity contribution in [3.63, 3.8) is 0 Å². The SMILES string of the molecule is CC1=NN(c2ccccc2)C(=O)/C1=C\c1ccc[nH]1. The molecule has 0 saturated heterocycles. The van der Waals surface area contributed by atoms with Crippen molar-refractivity contribution in [2.45, 2.75) is 6.92 Å². The van der Waals surface area contributed by atoms with Gasteiger partial charge in [0.25, 0.3) is 5.91 Å². The minimum Gasteiger partial charge on any atom is -0.362 e. The van der Waals surface area contributed by atoms with E-state index in [0.717, 1.165) is 17.1 Å². The molecule has 0 radical (unpaired) electrons. The molecule has 0 atom stereocenters. The van der Waals surface area contributed by atoms with Crippen LogP contribution in [0.2, 0.25) is 0 Å². The Morgan fingerprint density at radius 2 is 1.95 bits per heavy atom. The first-order valence-electron chi connectivity index (χ1n) is 6.06. The number of nitrogens with one attached hydrogen (secondary N) is 1. The summed E-state index contributed by atoms with van der Waals surface area (Å²) in [6.07, 6.45) is 3.65. The van der Waals surface area contributed by atoms with Gasteiger partial charge in [0.15, 0.2) is 0 Å². The summed E-state index contributed by atoms with van der Waals surface area (Å²) in [6.45, 7) is 1.84. The maximum absolute atomic E-state index is 12.4. The summed E-state index contributed by atoms with van der Waals surface area (Å²) in [7, 11) is 0. The fraction of sp³-hybridized carbons (Fsp3) is 0.0667. The molecule has 1 aliphatic rings. The van der Waals surface area contributed by atoms with Gasteiger partial charge in [0.1, 0.15) is 0 Å². The van der Waals surface area contributed by atoms with Gasteiger partial charge in [-0.1, -0.05) is 18.2 Å². The molecule has 1 N–H and O–H groups in total. The van der Waals surface area contributed by atoms with Crippen molar-refractivity contribution in [1.82, 2.24) is 4.98 Å². The average Bonchev–Trinajstić information content (AvgIpc) is 3.03. The van der Waals surface area contributed by atoms with E-state index in [9.17, 15) is 4.79 Å². The van der Waals surface area contributed by atoms with Crippen molar-refractivity contribution in [1.29, 1.82) is 0 Å². The number of para-hydroxylation sites is 1. The van der Waals surface area contributed by atoms with Gasteiger partial charge in [0.05, 0.1) is 17.0 Å². The van der Waals surface area contributed by atoms with E-state index < -0.39 is 0 Å². The molecule has 2 aromatic rings. The van der Waals surface area contributed by atoms with E-state index in [-0.39, 0.29) is 5.91 Å². The topological polar surface area (TPSA) is 48.5 Å². The van der Waals surface area contributed by atoms with Gasteiger partial charge in [-0.05, 0) is 37.3 Å². The maximum Gasteiger partial charge on any atom is 0.280 e. The van der Waals surface area contributed by atoms with Crippen molar-refractivity contribution in [3.8, 4) is 0 Å². The molecule has 0 unspecified atom stereocenters. The van der Waals surface area contributed by atoms with Gasteiger partial charge in [-0.15, -0.1) is 0 Å². The number of nitrogens with zero attached hydrogens (tertiary/aromatic N) is 2. The average molecular weight is 251 g/mol. The zero-order valence-electron chi connectivity index (χ0n) is 10.5. The molecule has 4 heteroatoms. The molecule has 1 amide bonds. The summed E-state index contributed by atoms with van der Waals surface area (Å²) < 4.78 is 0. The Bertz CT molecular complexity index is 654. The number of carbonyl (C=O) groups excluding carboxylic acids is 1. The number of hydrogen-bond acceptors (Lipinski definition) is 2. The number of hydrazone groups is 1. The number of amides is 1. The summed E-state index contributed by atoms with van der Waals surface area (Å²) in [4.78, 5) is 15.4. The van der Waals surface area contributed by atoms with Gasteiger partial charge in [-0.2, -0.15) is 10.1 Å². The zero-order chi connectivity index (χ0) is 13.2. The van der Waals surface area contributed by atoms with Gasteiger partial charge in [0.2, 0.25) is 0 Å². The van der Waals surface area contributed by atoms with Crippen LogP contribution < -0.4 is 5.01 Å². The Labute approximate surface area is 111 Å². The molecule has 0 saturated carbocycles. The van der Waals surface area contributed by atoms with Crippen LogP contribution in [-0.2, 0) is 4.79 Å². The molecule has 1 aromatic carbocycles. The summed E-state index contributed by atoms with van der Waals surface area (Å²) in [5, 5.41) is 5.75. The molecule has 0 spiro atoms. The van der Waals surface area contributed by atoms with E-state index in [4.69, 9.17) is 0 Å². The number of rotatable bonds is 2. The molecule has 0 aliphatic carbocycles. The Hall–Kier alpha value is -2.62. The van der Waals surface area contributed by atoms with Crippen molar-refractivity contribution in [3.05, 3.63) is 59.9 Å². The smallest absolute Gasteiger partial charge is 0.280 e. The van der Waals surface area contributed by atoms with Crippen molar-refractivity contribution in [2.24, 2.45) is 5.10 Å². The first-order chi connectivity index (χ1) is 9.25.